The monoisotopic (exact) mass is 468 g/mol. The van der Waals surface area contributed by atoms with Crippen molar-refractivity contribution in [1.29, 1.82) is 5.26 Å². The molecule has 2 aromatic rings. The van der Waals surface area contributed by atoms with E-state index >= 15 is 0 Å². The van der Waals surface area contributed by atoms with Crippen LogP contribution in [0.25, 0.3) is 11.0 Å². The Kier molecular flexibility index (Phi) is 8.02. The molecule has 1 aromatic heterocycles. The van der Waals surface area contributed by atoms with Crippen LogP contribution in [0.2, 0.25) is 0 Å². The van der Waals surface area contributed by atoms with E-state index in [4.69, 9.17) is 14.2 Å². The SMILES string of the molecule is CC(=O)N[C@@H](C)CO[C@H]1CC[C@H](Oc2nc3c(C#N)cc(OCC(F)F)c(F)c3n2C)CC1. The van der Waals surface area contributed by atoms with Crippen LogP contribution in [0.15, 0.2) is 6.07 Å². The van der Waals surface area contributed by atoms with E-state index in [1.54, 1.807) is 0 Å². The highest BCUT2D eigenvalue weighted by atomic mass is 19.3. The Morgan fingerprint density at radius 1 is 1.30 bits per heavy atom. The number of nitrogens with zero attached hydrogens (tertiary/aromatic N) is 3. The molecule has 0 unspecified atom stereocenters. The number of imidazole rings is 1. The zero-order chi connectivity index (χ0) is 24.1. The van der Waals surface area contributed by atoms with Crippen LogP contribution >= 0.6 is 0 Å². The fraction of sp³-hybridized carbons (Fsp3) is 0.591. The van der Waals surface area contributed by atoms with Gasteiger partial charge in [-0.15, -0.1) is 0 Å². The zero-order valence-corrected chi connectivity index (χ0v) is 18.7. The molecular formula is C22H27F3N4O4. The predicted molar refractivity (Wildman–Crippen MR) is 113 cm³/mol. The number of amides is 1. The van der Waals surface area contributed by atoms with Gasteiger partial charge >= 0.3 is 0 Å². The molecule has 1 aromatic carbocycles. The molecule has 8 nitrogen and oxygen atoms in total. The number of hydrogen-bond acceptors (Lipinski definition) is 6. The van der Waals surface area contributed by atoms with E-state index in [2.05, 4.69) is 10.3 Å². The largest absolute Gasteiger partial charge is 0.484 e. The topological polar surface area (TPSA) is 98.4 Å². The Bertz CT molecular complexity index is 1030. The molecule has 1 saturated carbocycles. The smallest absolute Gasteiger partial charge is 0.297 e. The summed E-state index contributed by atoms with van der Waals surface area (Å²) in [7, 11) is 1.53. The van der Waals surface area contributed by atoms with Gasteiger partial charge in [0.05, 0.1) is 18.3 Å². The van der Waals surface area contributed by atoms with Crippen LogP contribution in [0.3, 0.4) is 0 Å². The Labute approximate surface area is 189 Å². The summed E-state index contributed by atoms with van der Waals surface area (Å²) in [6.45, 7) is 2.78. The highest BCUT2D eigenvalue weighted by molar-refractivity contribution is 5.85. The normalized spacial score (nSPS) is 19.3. The van der Waals surface area contributed by atoms with Crippen LogP contribution in [-0.2, 0) is 16.6 Å². The number of carbonyl (C=O) groups is 1. The third kappa shape index (κ3) is 6.07. The molecule has 0 radical (unpaired) electrons. The van der Waals surface area contributed by atoms with Crippen molar-refractivity contribution in [3.8, 4) is 17.8 Å². The molecule has 11 heteroatoms. The summed E-state index contributed by atoms with van der Waals surface area (Å²) in [5.74, 6) is -1.41. The van der Waals surface area contributed by atoms with Gasteiger partial charge in [-0.05, 0) is 32.6 Å². The van der Waals surface area contributed by atoms with Gasteiger partial charge in [0.15, 0.2) is 11.6 Å². The number of hydrogen-bond donors (Lipinski definition) is 1. The Morgan fingerprint density at radius 3 is 2.58 bits per heavy atom. The summed E-state index contributed by atoms with van der Waals surface area (Å²) in [4.78, 5) is 15.4. The van der Waals surface area contributed by atoms with Crippen LogP contribution < -0.4 is 14.8 Å². The molecular weight excluding hydrogens is 441 g/mol. The number of nitriles is 1. The van der Waals surface area contributed by atoms with Gasteiger partial charge in [0.1, 0.15) is 29.8 Å². The van der Waals surface area contributed by atoms with E-state index in [-0.39, 0.29) is 46.8 Å². The Balaban J connectivity index is 1.67. The summed E-state index contributed by atoms with van der Waals surface area (Å²) in [5, 5.41) is 12.2. The van der Waals surface area contributed by atoms with E-state index in [0.717, 1.165) is 18.9 Å². The number of carbonyl (C=O) groups excluding carboxylic acids is 1. The summed E-state index contributed by atoms with van der Waals surface area (Å²) in [5.41, 5.74) is 0.0460. The van der Waals surface area contributed by atoms with Crippen LogP contribution in [0.5, 0.6) is 11.8 Å². The highest BCUT2D eigenvalue weighted by Gasteiger charge is 2.27. The van der Waals surface area contributed by atoms with Crippen molar-refractivity contribution in [2.75, 3.05) is 13.2 Å². The average molecular weight is 468 g/mol. The van der Waals surface area contributed by atoms with Crippen molar-refractivity contribution in [2.45, 2.75) is 64.2 Å². The van der Waals surface area contributed by atoms with Crippen LogP contribution in [-0.4, -0.2) is 53.3 Å². The van der Waals surface area contributed by atoms with Crippen molar-refractivity contribution in [1.82, 2.24) is 14.9 Å². The lowest BCUT2D eigenvalue weighted by Gasteiger charge is -2.29. The quantitative estimate of drug-likeness (QED) is 0.605. The number of alkyl halides is 2. The van der Waals surface area contributed by atoms with Crippen molar-refractivity contribution in [3.05, 3.63) is 17.4 Å². The number of rotatable bonds is 9. The third-order valence-electron chi connectivity index (χ3n) is 5.42. The van der Waals surface area contributed by atoms with E-state index in [1.165, 1.54) is 18.5 Å². The molecule has 33 heavy (non-hydrogen) atoms. The van der Waals surface area contributed by atoms with Crippen LogP contribution in [0.4, 0.5) is 13.2 Å². The van der Waals surface area contributed by atoms with Gasteiger partial charge in [-0.1, -0.05) is 0 Å². The Morgan fingerprint density at radius 2 is 1.97 bits per heavy atom. The third-order valence-corrected chi connectivity index (χ3v) is 5.42. The maximum atomic E-state index is 14.9. The molecule has 0 bridgehead atoms. The highest BCUT2D eigenvalue weighted by Crippen LogP contribution is 2.33. The maximum absolute atomic E-state index is 14.9. The van der Waals surface area contributed by atoms with Gasteiger partial charge in [-0.3, -0.25) is 9.36 Å². The average Bonchev–Trinajstić information content (AvgIpc) is 3.08. The molecule has 1 N–H and O–H groups in total. The molecule has 3 rings (SSSR count). The molecule has 1 aliphatic carbocycles. The summed E-state index contributed by atoms with van der Waals surface area (Å²) in [6, 6.07) is 3.03. The van der Waals surface area contributed by atoms with Gasteiger partial charge in [0.2, 0.25) is 5.91 Å². The van der Waals surface area contributed by atoms with Crippen molar-refractivity contribution < 1.29 is 32.2 Å². The zero-order valence-electron chi connectivity index (χ0n) is 18.7. The lowest BCUT2D eigenvalue weighted by atomic mass is 9.95. The van der Waals surface area contributed by atoms with Crippen LogP contribution in [0, 0.1) is 17.1 Å². The minimum Gasteiger partial charge on any atom is -0.484 e. The molecule has 1 fully saturated rings. The van der Waals surface area contributed by atoms with Crippen molar-refractivity contribution in [2.24, 2.45) is 7.05 Å². The van der Waals surface area contributed by atoms with E-state index in [1.807, 2.05) is 13.0 Å². The molecule has 0 aliphatic heterocycles. The Hall–Kier alpha value is -3.00. The number of halogens is 3. The first kappa shape index (κ1) is 24.6. The first-order valence-corrected chi connectivity index (χ1v) is 10.7. The number of aromatic nitrogens is 2. The molecule has 0 saturated heterocycles. The maximum Gasteiger partial charge on any atom is 0.297 e. The second-order valence-corrected chi connectivity index (χ2v) is 8.15. The standard InChI is InChI=1S/C22H27F3N4O4/c1-12(27-13(2)30)10-31-15-4-6-16(7-5-15)33-22-28-20-14(9-26)8-17(32-11-18(23)24)19(25)21(20)29(22)3/h8,12,15-16,18H,4-7,10-11H2,1-3H3,(H,27,30)/t12-,15-,16-/m0/s1. The fourth-order valence-corrected chi connectivity index (χ4v) is 3.88. The van der Waals surface area contributed by atoms with Gasteiger partial charge < -0.3 is 19.5 Å². The lowest BCUT2D eigenvalue weighted by Crippen LogP contribution is -2.37. The summed E-state index contributed by atoms with van der Waals surface area (Å²) >= 11 is 0. The molecule has 0 spiro atoms. The number of nitrogens with one attached hydrogen (secondary N) is 1. The van der Waals surface area contributed by atoms with Crippen molar-refractivity contribution in [3.63, 3.8) is 0 Å². The first-order chi connectivity index (χ1) is 15.7. The molecule has 1 amide bonds. The van der Waals surface area contributed by atoms with E-state index in [9.17, 15) is 23.2 Å². The van der Waals surface area contributed by atoms with Crippen LogP contribution in [0.1, 0.15) is 45.1 Å². The molecule has 1 heterocycles. The van der Waals surface area contributed by atoms with Gasteiger partial charge in [0, 0.05) is 26.1 Å². The second kappa shape index (κ2) is 10.7. The molecule has 1 aliphatic rings. The number of benzene rings is 1. The number of ether oxygens (including phenoxy) is 3. The molecule has 1 atom stereocenters. The van der Waals surface area contributed by atoms with E-state index in [0.29, 0.717) is 19.4 Å². The van der Waals surface area contributed by atoms with E-state index < -0.39 is 24.6 Å². The predicted octanol–water partition coefficient (Wildman–Crippen LogP) is 3.46. The van der Waals surface area contributed by atoms with Gasteiger partial charge in [-0.25, -0.2) is 13.2 Å². The van der Waals surface area contributed by atoms with Gasteiger partial charge in [-0.2, -0.15) is 10.2 Å². The van der Waals surface area contributed by atoms with Crippen molar-refractivity contribution >= 4 is 16.9 Å². The first-order valence-electron chi connectivity index (χ1n) is 10.7. The summed E-state index contributed by atoms with van der Waals surface area (Å²) in [6.07, 6.45) is 0.00588. The second-order valence-electron chi connectivity index (χ2n) is 8.15. The number of fused-ring (bicyclic) bond motifs is 1. The minimum absolute atomic E-state index is 0.00603. The minimum atomic E-state index is -2.77. The number of aryl methyl sites for hydroxylation is 1. The molecule has 180 valence electrons. The lowest BCUT2D eigenvalue weighted by molar-refractivity contribution is -0.120. The fourth-order valence-electron chi connectivity index (χ4n) is 3.88. The van der Waals surface area contributed by atoms with Gasteiger partial charge in [0.25, 0.3) is 12.4 Å². The summed E-state index contributed by atoms with van der Waals surface area (Å²) < 4.78 is 58.0.